The first kappa shape index (κ1) is 32.7. The molecule has 252 valence electrons. The molecule has 0 spiro atoms. The summed E-state index contributed by atoms with van der Waals surface area (Å²) in [5, 5.41) is 2.97. The maximum absolute atomic E-state index is 15.2. The highest BCUT2D eigenvalue weighted by Crippen LogP contribution is 2.56. The average Bonchev–Trinajstić information content (AvgIpc) is 3.76. The van der Waals surface area contributed by atoms with Crippen LogP contribution in [-0.2, 0) is 24.7 Å². The van der Waals surface area contributed by atoms with E-state index in [1.54, 1.807) is 68.4 Å². The Morgan fingerprint density at radius 2 is 1.69 bits per heavy atom. The largest absolute Gasteiger partial charge is 0.497 e. The third-order valence-electron chi connectivity index (χ3n) is 9.16. The molecule has 0 aromatic heterocycles. The highest BCUT2D eigenvalue weighted by atomic mass is 16.7. The number of rotatable bonds is 8. The molecule has 3 aromatic carbocycles. The minimum atomic E-state index is -2.10. The number of carbonyl (C=O) groups is 4. The summed E-state index contributed by atoms with van der Waals surface area (Å²) in [6.45, 7) is 3.68. The van der Waals surface area contributed by atoms with Crippen molar-refractivity contribution in [2.45, 2.75) is 44.4 Å². The van der Waals surface area contributed by atoms with Crippen molar-refractivity contribution in [2.24, 2.45) is 11.8 Å². The van der Waals surface area contributed by atoms with E-state index in [0.29, 0.717) is 29.7 Å². The summed E-state index contributed by atoms with van der Waals surface area (Å²) in [5.74, 6) is -4.57. The second-order valence-corrected chi connectivity index (χ2v) is 12.2. The maximum atomic E-state index is 15.2. The average molecular weight is 659 g/mol. The van der Waals surface area contributed by atoms with E-state index >= 15 is 9.59 Å². The number of amides is 2. The number of likely N-dealkylation sites (tertiary alicyclic amines) is 1. The number of carbonyl (C=O) groups excluding carboxylic acids is 4. The molecule has 12 heteroatoms. The van der Waals surface area contributed by atoms with Crippen molar-refractivity contribution >= 4 is 23.6 Å². The third-order valence-corrected chi connectivity index (χ3v) is 9.16. The summed E-state index contributed by atoms with van der Waals surface area (Å²) in [6.07, 6.45) is 0.436. The number of nitrogens with zero attached hydrogens (tertiary/aromatic N) is 1. The Morgan fingerprint density at radius 3 is 2.33 bits per heavy atom. The van der Waals surface area contributed by atoms with Crippen LogP contribution in [-0.4, -0.2) is 69.3 Å². The summed E-state index contributed by atoms with van der Waals surface area (Å²) in [6, 6.07) is 16.9. The van der Waals surface area contributed by atoms with E-state index in [0.717, 1.165) is 0 Å². The van der Waals surface area contributed by atoms with Crippen molar-refractivity contribution in [1.82, 2.24) is 10.2 Å². The Labute approximate surface area is 278 Å². The van der Waals surface area contributed by atoms with Gasteiger partial charge >= 0.3 is 5.97 Å². The van der Waals surface area contributed by atoms with E-state index in [-0.39, 0.29) is 53.7 Å². The molecule has 4 unspecified atom stereocenters. The zero-order valence-corrected chi connectivity index (χ0v) is 27.4. The topological polar surface area (TPSA) is 139 Å². The Kier molecular flexibility index (Phi) is 8.91. The van der Waals surface area contributed by atoms with Gasteiger partial charge in [-0.15, -0.1) is 0 Å². The Bertz CT molecular complexity index is 1720. The van der Waals surface area contributed by atoms with E-state index in [4.69, 9.17) is 28.4 Å². The molecule has 1 saturated heterocycles. The van der Waals surface area contributed by atoms with Crippen LogP contribution in [0.3, 0.4) is 0 Å². The predicted octanol–water partition coefficient (Wildman–Crippen LogP) is 4.20. The molecule has 6 rings (SSSR count). The van der Waals surface area contributed by atoms with Crippen LogP contribution >= 0.6 is 0 Å². The zero-order chi connectivity index (χ0) is 34.2. The monoisotopic (exact) mass is 658 g/mol. The van der Waals surface area contributed by atoms with Crippen LogP contribution in [0.1, 0.15) is 54.1 Å². The minimum absolute atomic E-state index is 0.0103. The number of methoxy groups -OCH3 is 3. The molecule has 3 heterocycles. The number of Topliss-reactive ketones (excluding diaryl/α,β-unsaturated/α-hetero) is 1. The molecule has 48 heavy (non-hydrogen) atoms. The van der Waals surface area contributed by atoms with Gasteiger partial charge in [0.25, 0.3) is 0 Å². The first-order chi connectivity index (χ1) is 23.2. The van der Waals surface area contributed by atoms with Gasteiger partial charge in [0.05, 0.1) is 27.2 Å². The number of benzene rings is 3. The number of hydrogen-bond donors (Lipinski definition) is 1. The highest BCUT2D eigenvalue weighted by molar-refractivity contribution is 6.15. The van der Waals surface area contributed by atoms with Gasteiger partial charge in [0.15, 0.2) is 17.3 Å². The number of esters is 1. The van der Waals surface area contributed by atoms with Gasteiger partial charge in [0, 0.05) is 24.1 Å². The highest BCUT2D eigenvalue weighted by Gasteiger charge is 2.62. The van der Waals surface area contributed by atoms with Crippen molar-refractivity contribution in [3.8, 4) is 28.7 Å². The fourth-order valence-electron chi connectivity index (χ4n) is 6.82. The van der Waals surface area contributed by atoms with Crippen molar-refractivity contribution in [1.29, 1.82) is 0 Å². The lowest BCUT2D eigenvalue weighted by Gasteiger charge is -2.41. The molecule has 4 atom stereocenters. The van der Waals surface area contributed by atoms with Gasteiger partial charge in [-0.2, -0.15) is 0 Å². The summed E-state index contributed by atoms with van der Waals surface area (Å²) in [7, 11) is 4.11. The van der Waals surface area contributed by atoms with Gasteiger partial charge in [-0.05, 0) is 30.5 Å². The number of nitrogens with one attached hydrogen (secondary N) is 1. The number of hydrogen-bond acceptors (Lipinski definition) is 10. The Hall–Kier alpha value is -5.26. The molecule has 0 radical (unpaired) electrons. The lowest BCUT2D eigenvalue weighted by molar-refractivity contribution is -0.165. The molecule has 3 aromatic rings. The zero-order valence-electron chi connectivity index (χ0n) is 27.4. The summed E-state index contributed by atoms with van der Waals surface area (Å²) < 4.78 is 34.8. The molecule has 3 aliphatic heterocycles. The second-order valence-electron chi connectivity index (χ2n) is 12.2. The third kappa shape index (κ3) is 5.34. The van der Waals surface area contributed by atoms with Crippen LogP contribution in [0.5, 0.6) is 28.7 Å². The predicted molar refractivity (Wildman–Crippen MR) is 171 cm³/mol. The minimum Gasteiger partial charge on any atom is -0.497 e. The molecule has 1 N–H and O–H groups in total. The first-order valence-corrected chi connectivity index (χ1v) is 15.8. The molecular formula is C36H38N2O10. The standard InChI is InChI=1S/C36H38N2O10/c1-20(2)33(40)37-26-12-9-17-38(26)34(41)28-29(21-10-7-6-8-11-21)36(35(42)45-5,22-13-15-23(43-3)16-14-22)48-24-18-25-31(47-19-46-25)32(44-4)27(24)30(28)39/h6-8,10-11,13-16,18,20,26,28-29H,9,12,17,19H2,1-5H3,(H,37,40). The molecule has 1 fully saturated rings. The lowest BCUT2D eigenvalue weighted by atomic mass is 9.68. The van der Waals surface area contributed by atoms with Crippen molar-refractivity contribution in [3.05, 3.63) is 77.4 Å². The van der Waals surface area contributed by atoms with Gasteiger partial charge in [-0.3, -0.25) is 14.4 Å². The van der Waals surface area contributed by atoms with Gasteiger partial charge in [-0.25, -0.2) is 4.79 Å². The van der Waals surface area contributed by atoms with E-state index in [2.05, 4.69) is 5.32 Å². The van der Waals surface area contributed by atoms with Gasteiger partial charge in [0.2, 0.25) is 30.0 Å². The summed E-state index contributed by atoms with van der Waals surface area (Å²) in [4.78, 5) is 59.2. The fraction of sp³-hybridized carbons (Fsp3) is 0.389. The van der Waals surface area contributed by atoms with Crippen LogP contribution in [0.4, 0.5) is 0 Å². The second kappa shape index (κ2) is 13.1. The smallest absolute Gasteiger partial charge is 0.355 e. The SMILES string of the molecule is COC(=O)C1(c2ccc(OC)cc2)Oc2cc3c(c(OC)c2C(=O)C(C(=O)N2CCCC2NC(=O)C(C)C)C1c1ccccc1)OCO3. The maximum Gasteiger partial charge on any atom is 0.355 e. The van der Waals surface area contributed by atoms with E-state index in [1.165, 1.54) is 32.3 Å². The Balaban J connectivity index is 1.66. The fourth-order valence-corrected chi connectivity index (χ4v) is 6.82. The normalized spacial score (nSPS) is 22.8. The lowest BCUT2D eigenvalue weighted by Crippen LogP contribution is -2.56. The first-order valence-electron chi connectivity index (χ1n) is 15.8. The van der Waals surface area contributed by atoms with Crippen LogP contribution in [0.15, 0.2) is 60.7 Å². The quantitative estimate of drug-likeness (QED) is 0.277. The number of ether oxygens (including phenoxy) is 6. The van der Waals surface area contributed by atoms with Crippen LogP contribution in [0.25, 0.3) is 0 Å². The van der Waals surface area contributed by atoms with Crippen molar-refractivity contribution in [3.63, 3.8) is 0 Å². The summed E-state index contributed by atoms with van der Waals surface area (Å²) in [5.41, 5.74) is -1.40. The molecule has 12 nitrogen and oxygen atoms in total. The van der Waals surface area contributed by atoms with Crippen molar-refractivity contribution < 1.29 is 47.6 Å². The van der Waals surface area contributed by atoms with Crippen molar-refractivity contribution in [2.75, 3.05) is 34.7 Å². The van der Waals surface area contributed by atoms with Crippen LogP contribution in [0, 0.1) is 11.8 Å². The summed E-state index contributed by atoms with van der Waals surface area (Å²) >= 11 is 0. The van der Waals surface area contributed by atoms with Gasteiger partial charge in [0.1, 0.15) is 29.1 Å². The molecule has 0 aliphatic carbocycles. The molecule has 0 bridgehead atoms. The molecular weight excluding hydrogens is 620 g/mol. The van der Waals surface area contributed by atoms with Crippen LogP contribution < -0.4 is 29.0 Å². The molecule has 0 saturated carbocycles. The number of fused-ring (bicyclic) bond motifs is 2. The van der Waals surface area contributed by atoms with Crippen LogP contribution in [0.2, 0.25) is 0 Å². The van der Waals surface area contributed by atoms with E-state index in [1.807, 2.05) is 0 Å². The molecule has 3 aliphatic rings. The van der Waals surface area contributed by atoms with Gasteiger partial charge < -0.3 is 38.6 Å². The van der Waals surface area contributed by atoms with E-state index < -0.39 is 41.3 Å². The van der Waals surface area contributed by atoms with Gasteiger partial charge in [-0.1, -0.05) is 56.3 Å². The Morgan fingerprint density at radius 1 is 0.958 bits per heavy atom. The van der Waals surface area contributed by atoms with E-state index in [9.17, 15) is 9.59 Å². The number of ketones is 1. The molecule has 2 amide bonds.